The predicted octanol–water partition coefficient (Wildman–Crippen LogP) is 3.90. The van der Waals surface area contributed by atoms with Crippen molar-refractivity contribution in [2.75, 3.05) is 5.32 Å². The van der Waals surface area contributed by atoms with Crippen molar-refractivity contribution in [3.8, 4) is 0 Å². The summed E-state index contributed by atoms with van der Waals surface area (Å²) in [7, 11) is 0. The lowest BCUT2D eigenvalue weighted by molar-refractivity contribution is 0.0922. The van der Waals surface area contributed by atoms with Gasteiger partial charge in [-0.3, -0.25) is 4.79 Å². The summed E-state index contributed by atoms with van der Waals surface area (Å²) in [5.74, 6) is 0.505. The van der Waals surface area contributed by atoms with Gasteiger partial charge in [0.15, 0.2) is 0 Å². The molecule has 1 aliphatic rings. The molecule has 1 fully saturated rings. The van der Waals surface area contributed by atoms with E-state index >= 15 is 0 Å². The minimum absolute atomic E-state index is 0.132. The number of aryl methyl sites for hydroxylation is 1. The molecule has 0 bridgehead atoms. The Balaban J connectivity index is 1.64. The van der Waals surface area contributed by atoms with Crippen molar-refractivity contribution in [2.45, 2.75) is 52.0 Å². The lowest BCUT2D eigenvalue weighted by atomic mass is 9.95. The van der Waals surface area contributed by atoms with E-state index in [1.807, 2.05) is 12.1 Å². The molecule has 0 saturated heterocycles. The number of amides is 1. The Bertz CT molecular complexity index is 706. The Kier molecular flexibility index (Phi) is 5.08. The van der Waals surface area contributed by atoms with Crippen molar-refractivity contribution >= 4 is 17.4 Å². The molecule has 0 aliphatic heterocycles. The highest BCUT2D eigenvalue weighted by Gasteiger charge is 2.17. The van der Waals surface area contributed by atoms with Crippen LogP contribution >= 0.6 is 0 Å². The number of hydrogen-bond acceptors (Lipinski definition) is 4. The maximum absolute atomic E-state index is 12.2. The Morgan fingerprint density at radius 3 is 2.58 bits per heavy atom. The number of nitrogens with zero attached hydrogens (tertiary/aromatic N) is 2. The molecule has 1 heterocycles. The third kappa shape index (κ3) is 3.91. The second kappa shape index (κ2) is 7.43. The molecule has 0 unspecified atom stereocenters. The number of hydrogen-bond donors (Lipinski definition) is 2. The maximum Gasteiger partial charge on any atom is 0.271 e. The van der Waals surface area contributed by atoms with Crippen molar-refractivity contribution < 1.29 is 4.79 Å². The molecule has 126 valence electrons. The van der Waals surface area contributed by atoms with Crippen molar-refractivity contribution in [3.05, 3.63) is 47.4 Å². The first-order chi connectivity index (χ1) is 11.6. The van der Waals surface area contributed by atoms with Gasteiger partial charge in [-0.1, -0.05) is 31.4 Å². The number of benzene rings is 1. The van der Waals surface area contributed by atoms with Crippen LogP contribution in [0.2, 0.25) is 0 Å². The Morgan fingerprint density at radius 1 is 1.08 bits per heavy atom. The molecule has 1 aliphatic carbocycles. The van der Waals surface area contributed by atoms with Gasteiger partial charge < -0.3 is 10.6 Å². The van der Waals surface area contributed by atoms with Crippen LogP contribution in [0.5, 0.6) is 0 Å². The Hall–Kier alpha value is -2.43. The predicted molar refractivity (Wildman–Crippen MR) is 95.6 cm³/mol. The zero-order valence-corrected chi connectivity index (χ0v) is 14.3. The van der Waals surface area contributed by atoms with Crippen molar-refractivity contribution in [2.24, 2.45) is 0 Å². The van der Waals surface area contributed by atoms with E-state index in [-0.39, 0.29) is 11.9 Å². The Morgan fingerprint density at radius 2 is 1.88 bits per heavy atom. The topological polar surface area (TPSA) is 66.9 Å². The van der Waals surface area contributed by atoms with Gasteiger partial charge in [0.05, 0.1) is 12.4 Å². The van der Waals surface area contributed by atoms with E-state index in [2.05, 4.69) is 40.5 Å². The van der Waals surface area contributed by atoms with E-state index in [0.717, 1.165) is 18.5 Å². The molecular formula is C19H24N4O. The molecule has 2 aromatic rings. The van der Waals surface area contributed by atoms with E-state index in [1.165, 1.54) is 36.6 Å². The van der Waals surface area contributed by atoms with Gasteiger partial charge in [-0.15, -0.1) is 0 Å². The highest BCUT2D eigenvalue weighted by molar-refractivity contribution is 5.92. The number of anilines is 2. The largest absolute Gasteiger partial charge is 0.348 e. The summed E-state index contributed by atoms with van der Waals surface area (Å²) >= 11 is 0. The molecule has 2 N–H and O–H groups in total. The standard InChI is InChI=1S/C19H24N4O/c1-13-7-6-10-16(14(13)2)23-18-12-20-17(11-21-18)19(24)22-15-8-4-3-5-9-15/h6-7,10-12,15H,3-5,8-9H2,1-2H3,(H,21,23)(H,22,24). The number of rotatable bonds is 4. The second-order valence-corrected chi connectivity index (χ2v) is 6.47. The fourth-order valence-electron chi connectivity index (χ4n) is 3.04. The minimum atomic E-state index is -0.132. The fourth-order valence-corrected chi connectivity index (χ4v) is 3.04. The highest BCUT2D eigenvalue weighted by Crippen LogP contribution is 2.21. The average molecular weight is 324 g/mol. The number of nitrogens with one attached hydrogen (secondary N) is 2. The van der Waals surface area contributed by atoms with Crippen LogP contribution in [0.25, 0.3) is 0 Å². The molecule has 3 rings (SSSR count). The average Bonchev–Trinajstić information content (AvgIpc) is 2.60. The summed E-state index contributed by atoms with van der Waals surface area (Å²) in [5, 5.41) is 6.31. The summed E-state index contributed by atoms with van der Waals surface area (Å²) < 4.78 is 0. The smallest absolute Gasteiger partial charge is 0.271 e. The van der Waals surface area contributed by atoms with Crippen LogP contribution in [0.15, 0.2) is 30.6 Å². The fraction of sp³-hybridized carbons (Fsp3) is 0.421. The normalized spacial score (nSPS) is 15.1. The van der Waals surface area contributed by atoms with E-state index in [9.17, 15) is 4.79 Å². The van der Waals surface area contributed by atoms with Crippen LogP contribution < -0.4 is 10.6 Å². The molecule has 1 aromatic carbocycles. The SMILES string of the molecule is Cc1cccc(Nc2cnc(C(=O)NC3CCCCC3)cn2)c1C. The van der Waals surface area contributed by atoms with Crippen molar-refractivity contribution in [1.82, 2.24) is 15.3 Å². The van der Waals surface area contributed by atoms with Crippen molar-refractivity contribution in [1.29, 1.82) is 0 Å². The lowest BCUT2D eigenvalue weighted by Gasteiger charge is -2.22. The highest BCUT2D eigenvalue weighted by atomic mass is 16.1. The molecule has 1 aromatic heterocycles. The van der Waals surface area contributed by atoms with Gasteiger partial charge >= 0.3 is 0 Å². The summed E-state index contributed by atoms with van der Waals surface area (Å²) in [6.07, 6.45) is 8.91. The molecule has 1 amide bonds. The number of aromatic nitrogens is 2. The number of carbonyl (C=O) groups excluding carboxylic acids is 1. The first-order valence-corrected chi connectivity index (χ1v) is 8.59. The molecule has 0 spiro atoms. The van der Waals surface area contributed by atoms with Crippen molar-refractivity contribution in [3.63, 3.8) is 0 Å². The zero-order valence-electron chi connectivity index (χ0n) is 14.3. The van der Waals surface area contributed by atoms with E-state index in [1.54, 1.807) is 6.20 Å². The third-order valence-electron chi connectivity index (χ3n) is 4.69. The van der Waals surface area contributed by atoms with Crippen LogP contribution in [-0.2, 0) is 0 Å². The van der Waals surface area contributed by atoms with E-state index < -0.39 is 0 Å². The Labute approximate surface area is 142 Å². The van der Waals surface area contributed by atoms with Gasteiger partial charge in [-0.25, -0.2) is 9.97 Å². The molecule has 24 heavy (non-hydrogen) atoms. The summed E-state index contributed by atoms with van der Waals surface area (Å²) in [4.78, 5) is 20.8. The summed E-state index contributed by atoms with van der Waals surface area (Å²) in [6.45, 7) is 4.14. The van der Waals surface area contributed by atoms with Crippen LogP contribution in [0, 0.1) is 13.8 Å². The van der Waals surface area contributed by atoms with Crippen LogP contribution in [0.4, 0.5) is 11.5 Å². The third-order valence-corrected chi connectivity index (χ3v) is 4.69. The maximum atomic E-state index is 12.2. The van der Waals surface area contributed by atoms with Gasteiger partial charge in [0, 0.05) is 11.7 Å². The first kappa shape index (κ1) is 16.4. The molecule has 0 atom stereocenters. The van der Waals surface area contributed by atoms with Crippen LogP contribution in [-0.4, -0.2) is 21.9 Å². The summed E-state index contributed by atoms with van der Waals surface area (Å²) in [5.41, 5.74) is 3.77. The molecule has 1 saturated carbocycles. The van der Waals surface area contributed by atoms with Gasteiger partial charge in [0.2, 0.25) is 0 Å². The monoisotopic (exact) mass is 324 g/mol. The van der Waals surface area contributed by atoms with Crippen LogP contribution in [0.1, 0.15) is 53.7 Å². The molecule has 5 heteroatoms. The first-order valence-electron chi connectivity index (χ1n) is 8.59. The van der Waals surface area contributed by atoms with Gasteiger partial charge in [0.1, 0.15) is 11.5 Å². The van der Waals surface area contributed by atoms with Gasteiger partial charge in [-0.05, 0) is 43.9 Å². The molecule has 5 nitrogen and oxygen atoms in total. The quantitative estimate of drug-likeness (QED) is 0.895. The van der Waals surface area contributed by atoms with Crippen LogP contribution in [0.3, 0.4) is 0 Å². The van der Waals surface area contributed by atoms with Gasteiger partial charge in [-0.2, -0.15) is 0 Å². The summed E-state index contributed by atoms with van der Waals surface area (Å²) in [6, 6.07) is 6.36. The second-order valence-electron chi connectivity index (χ2n) is 6.47. The molecule has 0 radical (unpaired) electrons. The zero-order chi connectivity index (χ0) is 16.9. The molecular weight excluding hydrogens is 300 g/mol. The minimum Gasteiger partial charge on any atom is -0.348 e. The number of carbonyl (C=O) groups is 1. The lowest BCUT2D eigenvalue weighted by Crippen LogP contribution is -2.36. The van der Waals surface area contributed by atoms with E-state index in [0.29, 0.717) is 11.5 Å². The van der Waals surface area contributed by atoms with Gasteiger partial charge in [0.25, 0.3) is 5.91 Å². The van der Waals surface area contributed by atoms with E-state index in [4.69, 9.17) is 0 Å².